The molecule has 0 spiro atoms. The molecule has 0 aliphatic carbocycles. The SMILES string of the molecule is NCCN(CCN)CCOCCO. The zero-order valence-corrected chi connectivity index (χ0v) is 8.11. The van der Waals surface area contributed by atoms with Gasteiger partial charge in [0, 0.05) is 32.7 Å². The monoisotopic (exact) mass is 191 g/mol. The standard InChI is InChI=1S/C8H21N3O2/c9-1-3-11(4-2-10)5-7-13-8-6-12/h12H,1-10H2. The van der Waals surface area contributed by atoms with Crippen LogP contribution >= 0.6 is 0 Å². The Morgan fingerprint density at radius 3 is 2.08 bits per heavy atom. The lowest BCUT2D eigenvalue weighted by atomic mass is 10.4. The minimum atomic E-state index is 0.0772. The molecule has 0 aromatic rings. The number of rotatable bonds is 9. The highest BCUT2D eigenvalue weighted by atomic mass is 16.5. The predicted molar refractivity (Wildman–Crippen MR) is 52.5 cm³/mol. The van der Waals surface area contributed by atoms with E-state index < -0.39 is 0 Å². The van der Waals surface area contributed by atoms with Gasteiger partial charge in [-0.05, 0) is 0 Å². The van der Waals surface area contributed by atoms with Gasteiger partial charge in [0.25, 0.3) is 0 Å². The molecule has 0 atom stereocenters. The van der Waals surface area contributed by atoms with Crippen molar-refractivity contribution in [1.82, 2.24) is 4.90 Å². The molecule has 0 aromatic carbocycles. The van der Waals surface area contributed by atoms with Crippen molar-refractivity contribution >= 4 is 0 Å². The Labute approximate surface area is 79.6 Å². The van der Waals surface area contributed by atoms with Gasteiger partial charge in [-0.3, -0.25) is 4.90 Å². The molecule has 0 heterocycles. The Morgan fingerprint density at radius 2 is 1.62 bits per heavy atom. The first-order valence-electron chi connectivity index (χ1n) is 4.66. The van der Waals surface area contributed by atoms with E-state index in [0.29, 0.717) is 26.3 Å². The van der Waals surface area contributed by atoms with Gasteiger partial charge < -0.3 is 21.3 Å². The van der Waals surface area contributed by atoms with E-state index in [4.69, 9.17) is 21.3 Å². The summed E-state index contributed by atoms with van der Waals surface area (Å²) in [6.07, 6.45) is 0. The van der Waals surface area contributed by atoms with Crippen LogP contribution in [0.3, 0.4) is 0 Å². The summed E-state index contributed by atoms with van der Waals surface area (Å²) in [6.45, 7) is 4.90. The smallest absolute Gasteiger partial charge is 0.0698 e. The molecule has 0 saturated heterocycles. The van der Waals surface area contributed by atoms with Crippen molar-refractivity contribution in [2.24, 2.45) is 11.5 Å². The maximum absolute atomic E-state index is 8.46. The number of aliphatic hydroxyl groups is 1. The first-order valence-corrected chi connectivity index (χ1v) is 4.66. The zero-order chi connectivity index (χ0) is 9.94. The van der Waals surface area contributed by atoms with Crippen LogP contribution in [0.5, 0.6) is 0 Å². The molecule has 80 valence electrons. The summed E-state index contributed by atoms with van der Waals surface area (Å²) in [5.41, 5.74) is 10.9. The van der Waals surface area contributed by atoms with Crippen molar-refractivity contribution in [3.8, 4) is 0 Å². The fraction of sp³-hybridized carbons (Fsp3) is 1.00. The van der Waals surface area contributed by atoms with Gasteiger partial charge in [-0.1, -0.05) is 0 Å². The van der Waals surface area contributed by atoms with E-state index in [1.807, 2.05) is 0 Å². The molecule has 0 radical (unpaired) electrons. The summed E-state index contributed by atoms with van der Waals surface area (Å²) >= 11 is 0. The third-order valence-electron chi connectivity index (χ3n) is 1.68. The molecule has 0 aliphatic heterocycles. The minimum absolute atomic E-state index is 0.0772. The van der Waals surface area contributed by atoms with Gasteiger partial charge in [0.05, 0.1) is 19.8 Å². The van der Waals surface area contributed by atoms with E-state index in [2.05, 4.69) is 4.90 Å². The van der Waals surface area contributed by atoms with Crippen molar-refractivity contribution in [3.63, 3.8) is 0 Å². The van der Waals surface area contributed by atoms with Crippen LogP contribution in [-0.4, -0.2) is 62.6 Å². The van der Waals surface area contributed by atoms with Crippen LogP contribution in [0.25, 0.3) is 0 Å². The summed E-state index contributed by atoms with van der Waals surface area (Å²) in [6, 6.07) is 0. The van der Waals surface area contributed by atoms with Crippen LogP contribution in [0.2, 0.25) is 0 Å². The lowest BCUT2D eigenvalue weighted by molar-refractivity contribution is 0.0748. The number of nitrogens with two attached hydrogens (primary N) is 2. The Hall–Kier alpha value is -0.200. The molecule has 0 bridgehead atoms. The van der Waals surface area contributed by atoms with Gasteiger partial charge in [0.15, 0.2) is 0 Å². The van der Waals surface area contributed by atoms with Crippen molar-refractivity contribution in [2.45, 2.75) is 0 Å². The van der Waals surface area contributed by atoms with E-state index >= 15 is 0 Å². The molecule has 13 heavy (non-hydrogen) atoms. The maximum atomic E-state index is 8.46. The number of hydrogen-bond acceptors (Lipinski definition) is 5. The van der Waals surface area contributed by atoms with Gasteiger partial charge in [-0.25, -0.2) is 0 Å². The molecule has 0 rings (SSSR count). The second kappa shape index (κ2) is 9.88. The molecule has 0 saturated carbocycles. The highest BCUT2D eigenvalue weighted by molar-refractivity contribution is 4.57. The summed E-state index contributed by atoms with van der Waals surface area (Å²) in [5, 5.41) is 8.46. The van der Waals surface area contributed by atoms with Crippen molar-refractivity contribution in [1.29, 1.82) is 0 Å². The van der Waals surface area contributed by atoms with E-state index in [-0.39, 0.29) is 6.61 Å². The summed E-state index contributed by atoms with van der Waals surface area (Å²) < 4.78 is 5.13. The predicted octanol–water partition coefficient (Wildman–Crippen LogP) is -1.79. The van der Waals surface area contributed by atoms with Crippen molar-refractivity contribution in [2.75, 3.05) is 52.5 Å². The molecule has 0 unspecified atom stereocenters. The Balaban J connectivity index is 3.33. The van der Waals surface area contributed by atoms with Crippen LogP contribution in [0.15, 0.2) is 0 Å². The molecule has 0 aromatic heterocycles. The van der Waals surface area contributed by atoms with Crippen LogP contribution in [0, 0.1) is 0 Å². The molecular formula is C8H21N3O2. The molecule has 0 fully saturated rings. The molecule has 5 nitrogen and oxygen atoms in total. The number of hydrogen-bond donors (Lipinski definition) is 3. The van der Waals surface area contributed by atoms with Crippen LogP contribution in [-0.2, 0) is 4.74 Å². The van der Waals surface area contributed by atoms with Crippen molar-refractivity contribution in [3.05, 3.63) is 0 Å². The molecule has 0 amide bonds. The van der Waals surface area contributed by atoms with Gasteiger partial charge in [-0.2, -0.15) is 0 Å². The fourth-order valence-electron chi connectivity index (χ4n) is 1.06. The first-order chi connectivity index (χ1) is 6.35. The van der Waals surface area contributed by atoms with E-state index in [1.165, 1.54) is 0 Å². The van der Waals surface area contributed by atoms with Gasteiger partial charge in [0.2, 0.25) is 0 Å². The minimum Gasteiger partial charge on any atom is -0.394 e. The van der Waals surface area contributed by atoms with Gasteiger partial charge in [0.1, 0.15) is 0 Å². The first kappa shape index (κ1) is 12.8. The normalized spacial score (nSPS) is 11.1. The number of ether oxygens (including phenoxy) is 1. The largest absolute Gasteiger partial charge is 0.394 e. The topological polar surface area (TPSA) is 84.7 Å². The third kappa shape index (κ3) is 8.14. The lowest BCUT2D eigenvalue weighted by Crippen LogP contribution is -2.36. The zero-order valence-electron chi connectivity index (χ0n) is 8.11. The van der Waals surface area contributed by atoms with Gasteiger partial charge >= 0.3 is 0 Å². The lowest BCUT2D eigenvalue weighted by Gasteiger charge is -2.20. The summed E-state index contributed by atoms with van der Waals surface area (Å²) in [7, 11) is 0. The average Bonchev–Trinajstić information content (AvgIpc) is 2.13. The second-order valence-electron chi connectivity index (χ2n) is 2.75. The second-order valence-corrected chi connectivity index (χ2v) is 2.75. The molecular weight excluding hydrogens is 170 g/mol. The van der Waals surface area contributed by atoms with Gasteiger partial charge in [-0.15, -0.1) is 0 Å². The average molecular weight is 191 g/mol. The maximum Gasteiger partial charge on any atom is 0.0698 e. The third-order valence-corrected chi connectivity index (χ3v) is 1.68. The summed E-state index contributed by atoms with van der Waals surface area (Å²) in [4.78, 5) is 2.15. The van der Waals surface area contributed by atoms with E-state index in [1.54, 1.807) is 0 Å². The van der Waals surface area contributed by atoms with Crippen LogP contribution in [0.1, 0.15) is 0 Å². The van der Waals surface area contributed by atoms with Crippen LogP contribution in [0.4, 0.5) is 0 Å². The Bertz CT molecular complexity index is 97.4. The Morgan fingerprint density at radius 1 is 1.00 bits per heavy atom. The molecule has 5 N–H and O–H groups in total. The van der Waals surface area contributed by atoms with E-state index in [0.717, 1.165) is 19.6 Å². The summed E-state index contributed by atoms with van der Waals surface area (Å²) in [5.74, 6) is 0. The van der Waals surface area contributed by atoms with Crippen molar-refractivity contribution < 1.29 is 9.84 Å². The fourth-order valence-corrected chi connectivity index (χ4v) is 1.06. The molecule has 0 aliphatic rings. The highest BCUT2D eigenvalue weighted by Crippen LogP contribution is 1.86. The van der Waals surface area contributed by atoms with Crippen LogP contribution < -0.4 is 11.5 Å². The Kier molecular flexibility index (Phi) is 9.73. The number of nitrogens with zero attached hydrogens (tertiary/aromatic N) is 1. The highest BCUT2D eigenvalue weighted by Gasteiger charge is 2.01. The number of aliphatic hydroxyl groups excluding tert-OH is 1. The van der Waals surface area contributed by atoms with E-state index in [9.17, 15) is 0 Å². The quantitative estimate of drug-likeness (QED) is 0.375. The molecule has 5 heteroatoms.